The fraction of sp³-hybridized carbons (Fsp3) is 0.500. The van der Waals surface area contributed by atoms with Crippen molar-refractivity contribution >= 4 is 0 Å². The number of pyridine rings is 1. The predicted octanol–water partition coefficient (Wildman–Crippen LogP) is 1.06. The molecule has 84 valence electrons. The van der Waals surface area contributed by atoms with E-state index in [-0.39, 0.29) is 5.43 Å². The molecule has 0 aliphatic heterocycles. The van der Waals surface area contributed by atoms with Crippen LogP contribution in [0, 0.1) is 13.8 Å². The Bertz CT molecular complexity index is 386. The second-order valence-electron chi connectivity index (χ2n) is 3.62. The SMILES string of the molecule is Cc1cc(=O)cc(C)n1CC(F)(F)CN. The zero-order valence-corrected chi connectivity index (χ0v) is 8.76. The Hall–Kier alpha value is -1.23. The van der Waals surface area contributed by atoms with E-state index in [1.54, 1.807) is 13.8 Å². The van der Waals surface area contributed by atoms with Gasteiger partial charge in [-0.15, -0.1) is 0 Å². The van der Waals surface area contributed by atoms with Crippen molar-refractivity contribution in [2.75, 3.05) is 6.54 Å². The van der Waals surface area contributed by atoms with Gasteiger partial charge in [0.1, 0.15) is 0 Å². The third-order valence-electron chi connectivity index (χ3n) is 2.24. The van der Waals surface area contributed by atoms with Crippen LogP contribution in [0.1, 0.15) is 11.4 Å². The predicted molar refractivity (Wildman–Crippen MR) is 54.2 cm³/mol. The van der Waals surface area contributed by atoms with Crippen LogP contribution in [0.3, 0.4) is 0 Å². The van der Waals surface area contributed by atoms with Gasteiger partial charge in [-0.25, -0.2) is 8.78 Å². The molecule has 0 amide bonds. The molecule has 0 aromatic carbocycles. The second-order valence-corrected chi connectivity index (χ2v) is 3.62. The van der Waals surface area contributed by atoms with Crippen molar-refractivity contribution in [3.8, 4) is 0 Å². The average Bonchev–Trinajstić information content (AvgIpc) is 2.11. The quantitative estimate of drug-likeness (QED) is 0.821. The Morgan fingerprint density at radius 1 is 1.33 bits per heavy atom. The van der Waals surface area contributed by atoms with Crippen LogP contribution in [0.2, 0.25) is 0 Å². The molecule has 0 aliphatic carbocycles. The molecule has 3 nitrogen and oxygen atoms in total. The van der Waals surface area contributed by atoms with E-state index in [0.29, 0.717) is 11.4 Å². The van der Waals surface area contributed by atoms with E-state index in [1.807, 2.05) is 0 Å². The van der Waals surface area contributed by atoms with Crippen molar-refractivity contribution in [3.63, 3.8) is 0 Å². The largest absolute Gasteiger partial charge is 0.343 e. The lowest BCUT2D eigenvalue weighted by Crippen LogP contribution is -2.34. The summed E-state index contributed by atoms with van der Waals surface area (Å²) in [5.41, 5.74) is 5.83. The zero-order valence-electron chi connectivity index (χ0n) is 8.76. The first kappa shape index (κ1) is 11.8. The molecule has 0 radical (unpaired) electrons. The first-order valence-corrected chi connectivity index (χ1v) is 4.62. The van der Waals surface area contributed by atoms with Gasteiger partial charge in [0.2, 0.25) is 0 Å². The van der Waals surface area contributed by atoms with Gasteiger partial charge in [0.15, 0.2) is 5.43 Å². The molecule has 0 aliphatic rings. The van der Waals surface area contributed by atoms with E-state index in [0.717, 1.165) is 0 Å². The first-order valence-electron chi connectivity index (χ1n) is 4.62. The van der Waals surface area contributed by atoms with Crippen molar-refractivity contribution in [1.29, 1.82) is 0 Å². The smallest absolute Gasteiger partial charge is 0.277 e. The molecular formula is C10H14F2N2O. The van der Waals surface area contributed by atoms with Gasteiger partial charge in [-0.3, -0.25) is 4.79 Å². The monoisotopic (exact) mass is 216 g/mol. The molecule has 1 heterocycles. The van der Waals surface area contributed by atoms with E-state index in [4.69, 9.17) is 5.73 Å². The molecule has 2 N–H and O–H groups in total. The molecule has 0 saturated heterocycles. The highest BCUT2D eigenvalue weighted by atomic mass is 19.3. The fourth-order valence-electron chi connectivity index (χ4n) is 1.43. The Balaban J connectivity index is 3.11. The van der Waals surface area contributed by atoms with Crippen LogP contribution >= 0.6 is 0 Å². The molecule has 0 atom stereocenters. The lowest BCUT2D eigenvalue weighted by molar-refractivity contribution is -0.00777. The maximum Gasteiger partial charge on any atom is 0.277 e. The molecule has 1 aromatic heterocycles. The van der Waals surface area contributed by atoms with Crippen LogP contribution in [0.25, 0.3) is 0 Å². The summed E-state index contributed by atoms with van der Waals surface area (Å²) in [6.07, 6.45) is 0. The number of alkyl halides is 2. The van der Waals surface area contributed by atoms with E-state index >= 15 is 0 Å². The third-order valence-corrected chi connectivity index (χ3v) is 2.24. The summed E-state index contributed by atoms with van der Waals surface area (Å²) in [5, 5.41) is 0. The van der Waals surface area contributed by atoms with Crippen LogP contribution in [0.4, 0.5) is 8.78 Å². The summed E-state index contributed by atoms with van der Waals surface area (Å²) in [6.45, 7) is 2.07. The van der Waals surface area contributed by atoms with Gasteiger partial charge in [0, 0.05) is 23.5 Å². The van der Waals surface area contributed by atoms with Gasteiger partial charge < -0.3 is 10.3 Å². The van der Waals surface area contributed by atoms with Crippen molar-refractivity contribution < 1.29 is 8.78 Å². The molecule has 5 heteroatoms. The number of aryl methyl sites for hydroxylation is 2. The molecule has 1 rings (SSSR count). The number of rotatable bonds is 3. The summed E-state index contributed by atoms with van der Waals surface area (Å²) >= 11 is 0. The van der Waals surface area contributed by atoms with Crippen molar-refractivity contribution in [2.45, 2.75) is 26.3 Å². The van der Waals surface area contributed by atoms with E-state index in [1.165, 1.54) is 16.7 Å². The molecule has 15 heavy (non-hydrogen) atoms. The summed E-state index contributed by atoms with van der Waals surface area (Å²) in [6, 6.07) is 2.67. The summed E-state index contributed by atoms with van der Waals surface area (Å²) in [5.74, 6) is -2.94. The molecule has 0 bridgehead atoms. The maximum absolute atomic E-state index is 13.1. The maximum atomic E-state index is 13.1. The van der Waals surface area contributed by atoms with Gasteiger partial charge in [0.25, 0.3) is 5.92 Å². The van der Waals surface area contributed by atoms with Crippen molar-refractivity contribution in [1.82, 2.24) is 4.57 Å². The highest BCUT2D eigenvalue weighted by molar-refractivity contribution is 5.12. The second kappa shape index (κ2) is 4.10. The number of hydrogen-bond donors (Lipinski definition) is 1. The summed E-state index contributed by atoms with van der Waals surface area (Å²) in [7, 11) is 0. The number of nitrogens with two attached hydrogens (primary N) is 1. The summed E-state index contributed by atoms with van der Waals surface area (Å²) < 4.78 is 27.5. The number of halogens is 2. The van der Waals surface area contributed by atoms with E-state index in [2.05, 4.69) is 0 Å². The van der Waals surface area contributed by atoms with E-state index < -0.39 is 19.0 Å². The first-order chi connectivity index (χ1) is 6.85. The standard InChI is InChI=1S/C10H14F2N2O/c1-7-3-9(15)4-8(2)14(7)6-10(11,12)5-13/h3-4H,5-6,13H2,1-2H3. The van der Waals surface area contributed by atoms with Crippen LogP contribution in [0.15, 0.2) is 16.9 Å². The van der Waals surface area contributed by atoms with Gasteiger partial charge in [0.05, 0.1) is 13.1 Å². The number of nitrogens with zero attached hydrogens (tertiary/aromatic N) is 1. The minimum Gasteiger partial charge on any atom is -0.343 e. The lowest BCUT2D eigenvalue weighted by Gasteiger charge is -2.20. The molecule has 0 fully saturated rings. The topological polar surface area (TPSA) is 48.0 Å². The van der Waals surface area contributed by atoms with Gasteiger partial charge >= 0.3 is 0 Å². The number of aromatic nitrogens is 1. The van der Waals surface area contributed by atoms with E-state index in [9.17, 15) is 13.6 Å². The Kier molecular flexibility index (Phi) is 3.24. The van der Waals surface area contributed by atoms with Gasteiger partial charge in [-0.2, -0.15) is 0 Å². The fourth-order valence-corrected chi connectivity index (χ4v) is 1.43. The zero-order chi connectivity index (χ0) is 11.6. The van der Waals surface area contributed by atoms with Crippen LogP contribution in [-0.2, 0) is 6.54 Å². The Morgan fingerprint density at radius 2 is 1.80 bits per heavy atom. The normalized spacial score (nSPS) is 11.8. The Labute approximate surface area is 86.5 Å². The van der Waals surface area contributed by atoms with Crippen molar-refractivity contribution in [2.24, 2.45) is 5.73 Å². The molecule has 0 spiro atoms. The van der Waals surface area contributed by atoms with Crippen LogP contribution in [-0.4, -0.2) is 17.0 Å². The van der Waals surface area contributed by atoms with Crippen molar-refractivity contribution in [3.05, 3.63) is 33.7 Å². The summed E-state index contributed by atoms with van der Waals surface area (Å²) in [4.78, 5) is 11.1. The highest BCUT2D eigenvalue weighted by Crippen LogP contribution is 2.16. The molecule has 0 unspecified atom stereocenters. The van der Waals surface area contributed by atoms with Crippen LogP contribution < -0.4 is 11.2 Å². The molecule has 1 aromatic rings. The minimum absolute atomic E-state index is 0.169. The highest BCUT2D eigenvalue weighted by Gasteiger charge is 2.27. The third kappa shape index (κ3) is 2.86. The molecule has 0 saturated carbocycles. The lowest BCUT2D eigenvalue weighted by atomic mass is 10.2. The molecular weight excluding hydrogens is 202 g/mol. The Morgan fingerprint density at radius 3 is 2.20 bits per heavy atom. The van der Waals surface area contributed by atoms with Gasteiger partial charge in [-0.05, 0) is 13.8 Å². The average molecular weight is 216 g/mol. The van der Waals surface area contributed by atoms with Gasteiger partial charge in [-0.1, -0.05) is 0 Å². The minimum atomic E-state index is -2.94. The van der Waals surface area contributed by atoms with Crippen LogP contribution in [0.5, 0.6) is 0 Å². The number of hydrogen-bond acceptors (Lipinski definition) is 2.